The molecule has 2 atom stereocenters. The smallest absolute Gasteiger partial charge is 0.262 e. The Hall–Kier alpha value is -2.51. The monoisotopic (exact) mass is 370 g/mol. The Labute approximate surface area is 156 Å². The van der Waals surface area contributed by atoms with Crippen molar-refractivity contribution in [2.75, 3.05) is 7.05 Å². The highest BCUT2D eigenvalue weighted by Crippen LogP contribution is 2.19. The predicted molar refractivity (Wildman–Crippen MR) is 101 cm³/mol. The third-order valence-corrected chi connectivity index (χ3v) is 4.97. The van der Waals surface area contributed by atoms with Crippen LogP contribution in [0.2, 0.25) is 0 Å². The Bertz CT molecular complexity index is 817. The van der Waals surface area contributed by atoms with Crippen LogP contribution in [0, 0.1) is 0 Å². The molecule has 0 aliphatic rings. The van der Waals surface area contributed by atoms with Gasteiger partial charge in [-0.3, -0.25) is 4.79 Å². The molecule has 1 aromatic carbocycles. The summed E-state index contributed by atoms with van der Waals surface area (Å²) in [5.74, 6) is 0.923. The summed E-state index contributed by atoms with van der Waals surface area (Å²) in [6.45, 7) is 2.05. The lowest BCUT2D eigenvalue weighted by Gasteiger charge is -2.14. The van der Waals surface area contributed by atoms with E-state index in [1.54, 1.807) is 6.07 Å². The largest absolute Gasteiger partial charge is 0.339 e. The molecule has 3 rings (SSSR count). The summed E-state index contributed by atoms with van der Waals surface area (Å²) in [5, 5.41) is 12.1. The van der Waals surface area contributed by atoms with E-state index in [1.807, 2.05) is 48.8 Å². The van der Waals surface area contributed by atoms with Crippen molar-refractivity contribution in [2.24, 2.45) is 0 Å². The van der Waals surface area contributed by atoms with E-state index in [9.17, 15) is 4.79 Å². The van der Waals surface area contributed by atoms with Gasteiger partial charge in [0.05, 0.1) is 4.88 Å². The quantitative estimate of drug-likeness (QED) is 0.637. The lowest BCUT2D eigenvalue weighted by atomic mass is 10.1. The summed E-state index contributed by atoms with van der Waals surface area (Å²) in [6, 6.07) is 13.5. The minimum Gasteiger partial charge on any atom is -0.339 e. The molecule has 2 unspecified atom stereocenters. The fourth-order valence-corrected chi connectivity index (χ4v) is 3.18. The molecule has 2 N–H and O–H groups in total. The minimum atomic E-state index is -0.377. The summed E-state index contributed by atoms with van der Waals surface area (Å²) >= 11 is 1.40. The van der Waals surface area contributed by atoms with Crippen LogP contribution in [0.25, 0.3) is 0 Å². The Morgan fingerprint density at radius 1 is 1.19 bits per heavy atom. The molecule has 2 heterocycles. The van der Waals surface area contributed by atoms with E-state index in [4.69, 9.17) is 4.52 Å². The van der Waals surface area contributed by atoms with Crippen LogP contribution in [-0.4, -0.2) is 29.1 Å². The number of nitrogens with one attached hydrogen (secondary N) is 2. The average Bonchev–Trinajstić information content (AvgIpc) is 3.34. The maximum atomic E-state index is 12.5. The molecule has 6 nitrogen and oxygen atoms in total. The van der Waals surface area contributed by atoms with Gasteiger partial charge in [0.2, 0.25) is 5.89 Å². The third-order valence-electron chi connectivity index (χ3n) is 4.10. The summed E-state index contributed by atoms with van der Waals surface area (Å²) in [7, 11) is 1.89. The van der Waals surface area contributed by atoms with Crippen LogP contribution in [0.1, 0.15) is 39.9 Å². The number of benzene rings is 1. The number of hydrogen-bond acceptors (Lipinski definition) is 6. The van der Waals surface area contributed by atoms with Crippen molar-refractivity contribution < 1.29 is 9.32 Å². The molecule has 0 aliphatic heterocycles. The van der Waals surface area contributed by atoms with Gasteiger partial charge < -0.3 is 15.2 Å². The number of nitrogens with zero attached hydrogens (tertiary/aromatic N) is 2. The van der Waals surface area contributed by atoms with Gasteiger partial charge in [0.1, 0.15) is 6.04 Å². The van der Waals surface area contributed by atoms with Crippen molar-refractivity contribution in [3.63, 3.8) is 0 Å². The number of amides is 1. The van der Waals surface area contributed by atoms with Crippen LogP contribution in [-0.2, 0) is 12.8 Å². The van der Waals surface area contributed by atoms with Crippen LogP contribution < -0.4 is 10.6 Å². The zero-order valence-corrected chi connectivity index (χ0v) is 15.6. The molecule has 0 saturated heterocycles. The van der Waals surface area contributed by atoms with Gasteiger partial charge in [-0.2, -0.15) is 4.98 Å². The number of hydrogen-bond donors (Lipinski definition) is 2. The standard InChI is InChI=1S/C19H22N4O2S/c1-13(20-2)11-17-22-19(25-23-17)15(12-14-7-4-3-5-8-14)21-18(24)16-9-6-10-26-16/h3-10,13,15,20H,11-12H2,1-2H3,(H,21,24). The number of carbonyl (C=O) groups excluding carboxylic acids is 1. The van der Waals surface area contributed by atoms with Crippen LogP contribution in [0.5, 0.6) is 0 Å². The van der Waals surface area contributed by atoms with E-state index in [2.05, 4.69) is 27.7 Å². The number of likely N-dealkylation sites (N-methyl/N-ethyl adjacent to an activating group) is 1. The van der Waals surface area contributed by atoms with Crippen molar-refractivity contribution in [1.82, 2.24) is 20.8 Å². The predicted octanol–water partition coefficient (Wildman–Crippen LogP) is 3.00. The molecule has 0 spiro atoms. The van der Waals surface area contributed by atoms with E-state index in [-0.39, 0.29) is 18.0 Å². The fraction of sp³-hybridized carbons (Fsp3) is 0.316. The zero-order valence-electron chi connectivity index (χ0n) is 14.8. The highest BCUT2D eigenvalue weighted by atomic mass is 32.1. The summed E-state index contributed by atoms with van der Waals surface area (Å²) in [4.78, 5) is 17.7. The molecule has 0 bridgehead atoms. The second-order valence-corrected chi connectivity index (χ2v) is 7.08. The van der Waals surface area contributed by atoms with E-state index in [0.717, 1.165) is 5.56 Å². The van der Waals surface area contributed by atoms with E-state index in [1.165, 1.54) is 11.3 Å². The van der Waals surface area contributed by atoms with E-state index in [0.29, 0.717) is 29.4 Å². The molecule has 1 amide bonds. The first-order chi connectivity index (χ1) is 12.7. The number of thiophene rings is 1. The number of aromatic nitrogens is 2. The summed E-state index contributed by atoms with van der Waals surface area (Å²) in [5.41, 5.74) is 1.09. The normalized spacial score (nSPS) is 13.3. The third kappa shape index (κ3) is 4.77. The topological polar surface area (TPSA) is 80.0 Å². The SMILES string of the molecule is CNC(C)Cc1noc(C(Cc2ccccc2)NC(=O)c2cccs2)n1. The van der Waals surface area contributed by atoms with Crippen LogP contribution in [0.4, 0.5) is 0 Å². The average molecular weight is 370 g/mol. The lowest BCUT2D eigenvalue weighted by molar-refractivity contribution is 0.0932. The molecular weight excluding hydrogens is 348 g/mol. The maximum Gasteiger partial charge on any atom is 0.262 e. The Kier molecular flexibility index (Phi) is 6.14. The van der Waals surface area contributed by atoms with Gasteiger partial charge in [-0.05, 0) is 31.0 Å². The Balaban J connectivity index is 1.79. The fourth-order valence-electron chi connectivity index (χ4n) is 2.55. The highest BCUT2D eigenvalue weighted by molar-refractivity contribution is 7.12. The van der Waals surface area contributed by atoms with Gasteiger partial charge in [0.25, 0.3) is 5.91 Å². The first-order valence-corrected chi connectivity index (χ1v) is 9.41. The van der Waals surface area contributed by atoms with Crippen LogP contribution in [0.3, 0.4) is 0 Å². The van der Waals surface area contributed by atoms with Crippen LogP contribution in [0.15, 0.2) is 52.4 Å². The minimum absolute atomic E-state index is 0.135. The summed E-state index contributed by atoms with van der Waals surface area (Å²) < 4.78 is 5.46. The Morgan fingerprint density at radius 3 is 2.69 bits per heavy atom. The van der Waals surface area contributed by atoms with Crippen molar-refractivity contribution in [2.45, 2.75) is 31.8 Å². The molecule has 0 radical (unpaired) electrons. The molecule has 0 fully saturated rings. The zero-order chi connectivity index (χ0) is 18.4. The second-order valence-electron chi connectivity index (χ2n) is 6.14. The van der Waals surface area contributed by atoms with E-state index >= 15 is 0 Å². The first-order valence-electron chi connectivity index (χ1n) is 8.53. The van der Waals surface area contributed by atoms with Gasteiger partial charge >= 0.3 is 0 Å². The van der Waals surface area contributed by atoms with Crippen LogP contribution >= 0.6 is 11.3 Å². The number of rotatable bonds is 8. The molecule has 136 valence electrons. The van der Waals surface area contributed by atoms with Gasteiger partial charge in [0.15, 0.2) is 5.82 Å². The Morgan fingerprint density at radius 2 is 2.00 bits per heavy atom. The van der Waals surface area contributed by atoms with Crippen molar-refractivity contribution in [3.05, 3.63) is 70.0 Å². The molecule has 2 aromatic heterocycles. The molecule has 3 aromatic rings. The van der Waals surface area contributed by atoms with Gasteiger partial charge in [0, 0.05) is 18.9 Å². The lowest BCUT2D eigenvalue weighted by Crippen LogP contribution is -2.30. The summed E-state index contributed by atoms with van der Waals surface area (Å²) in [6.07, 6.45) is 1.25. The van der Waals surface area contributed by atoms with Crippen molar-refractivity contribution >= 4 is 17.2 Å². The van der Waals surface area contributed by atoms with Gasteiger partial charge in [-0.25, -0.2) is 0 Å². The van der Waals surface area contributed by atoms with Crippen molar-refractivity contribution in [1.29, 1.82) is 0 Å². The van der Waals surface area contributed by atoms with Gasteiger partial charge in [-0.15, -0.1) is 11.3 Å². The maximum absolute atomic E-state index is 12.5. The molecule has 0 saturated carbocycles. The molecular formula is C19H22N4O2S. The molecule has 26 heavy (non-hydrogen) atoms. The second kappa shape index (κ2) is 8.73. The first kappa shape index (κ1) is 18.3. The molecule has 7 heteroatoms. The van der Waals surface area contributed by atoms with Crippen molar-refractivity contribution in [3.8, 4) is 0 Å². The highest BCUT2D eigenvalue weighted by Gasteiger charge is 2.23. The number of carbonyl (C=O) groups is 1. The molecule has 0 aliphatic carbocycles. The van der Waals surface area contributed by atoms with E-state index < -0.39 is 0 Å². The van der Waals surface area contributed by atoms with Gasteiger partial charge in [-0.1, -0.05) is 41.6 Å².